The van der Waals surface area contributed by atoms with Crippen LogP contribution in [0.15, 0.2) is 48.5 Å². The van der Waals surface area contributed by atoms with Crippen molar-refractivity contribution < 1.29 is 0 Å². The molecule has 0 aromatic carbocycles. The summed E-state index contributed by atoms with van der Waals surface area (Å²) in [4.78, 5) is 16.2. The molecule has 3 aromatic heterocycles. The molecule has 5 rings (SSSR count). The quantitative estimate of drug-likeness (QED) is 0.483. The molecule has 0 atom stereocenters. The molecule has 0 saturated carbocycles. The zero-order valence-electron chi connectivity index (χ0n) is 13.1. The van der Waals surface area contributed by atoms with E-state index >= 15 is 0 Å². The number of rotatable bonds is 0. The third-order valence-corrected chi connectivity index (χ3v) is 4.32. The summed E-state index contributed by atoms with van der Waals surface area (Å²) in [5.41, 5.74) is 8.40. The van der Waals surface area contributed by atoms with Crippen LogP contribution >= 0.6 is 0 Å². The van der Waals surface area contributed by atoms with E-state index in [1.54, 1.807) is 0 Å². The number of H-pyrrole nitrogens is 2. The topological polar surface area (TPSA) is 57.4 Å². The van der Waals surface area contributed by atoms with Crippen molar-refractivity contribution in [1.29, 1.82) is 0 Å². The third-order valence-electron chi connectivity index (χ3n) is 4.32. The van der Waals surface area contributed by atoms with Crippen LogP contribution in [0.1, 0.15) is 22.8 Å². The Balaban J connectivity index is 0.00000157. The molecule has 5 heteroatoms. The molecule has 2 aliphatic heterocycles. The molecular formula is C20H18MgN4. The summed E-state index contributed by atoms with van der Waals surface area (Å²) < 4.78 is 0. The highest BCUT2D eigenvalue weighted by molar-refractivity contribution is 5.76. The SMILES string of the molecule is C1=Cc2cc3ccc(cc4nc(cc5ccc(cc1n2)[nH]5)CC4)[nH]3.[MgH2]. The highest BCUT2D eigenvalue weighted by atomic mass is 24.3. The zero-order chi connectivity index (χ0) is 15.9. The summed E-state index contributed by atoms with van der Waals surface area (Å²) in [6.07, 6.45) is 6.03. The van der Waals surface area contributed by atoms with Gasteiger partial charge in [0.05, 0.1) is 11.4 Å². The number of nitrogens with one attached hydrogen (secondary N) is 2. The van der Waals surface area contributed by atoms with Crippen LogP contribution in [-0.4, -0.2) is 43.0 Å². The van der Waals surface area contributed by atoms with Gasteiger partial charge in [0, 0.05) is 33.5 Å². The van der Waals surface area contributed by atoms with Crippen molar-refractivity contribution in [2.45, 2.75) is 12.8 Å². The van der Waals surface area contributed by atoms with Crippen LogP contribution in [0, 0.1) is 0 Å². The lowest BCUT2D eigenvalue weighted by molar-refractivity contribution is 1.03. The summed E-state index contributed by atoms with van der Waals surface area (Å²) in [6.45, 7) is 0. The normalized spacial score (nSPS) is 12.8. The molecule has 0 fully saturated rings. The average molecular weight is 339 g/mol. The first-order valence-corrected chi connectivity index (χ1v) is 8.14. The first kappa shape index (κ1) is 16.1. The van der Waals surface area contributed by atoms with E-state index in [2.05, 4.69) is 63.5 Å². The number of aryl methyl sites for hydroxylation is 2. The third kappa shape index (κ3) is 3.38. The molecule has 2 aliphatic rings. The number of aromatic amines is 2. The van der Waals surface area contributed by atoms with Gasteiger partial charge in [-0.3, -0.25) is 4.98 Å². The van der Waals surface area contributed by atoms with Gasteiger partial charge < -0.3 is 9.97 Å². The van der Waals surface area contributed by atoms with Crippen molar-refractivity contribution in [1.82, 2.24) is 19.9 Å². The smallest absolute Gasteiger partial charge is 0.316 e. The van der Waals surface area contributed by atoms with E-state index in [0.29, 0.717) is 0 Å². The van der Waals surface area contributed by atoms with E-state index in [4.69, 9.17) is 4.98 Å². The predicted octanol–water partition coefficient (Wildman–Crippen LogP) is 3.35. The number of nitrogens with zero attached hydrogens (tertiary/aromatic N) is 2. The molecule has 0 spiro atoms. The summed E-state index contributed by atoms with van der Waals surface area (Å²) in [7, 11) is 0. The van der Waals surface area contributed by atoms with Gasteiger partial charge in [-0.2, -0.15) is 0 Å². The summed E-state index contributed by atoms with van der Waals surface area (Å²) in [5.74, 6) is 0. The Kier molecular flexibility index (Phi) is 4.19. The van der Waals surface area contributed by atoms with Crippen LogP contribution in [0.5, 0.6) is 0 Å². The fraction of sp³-hybridized carbons (Fsp3) is 0.100. The van der Waals surface area contributed by atoms with Gasteiger partial charge in [-0.1, -0.05) is 0 Å². The van der Waals surface area contributed by atoms with Gasteiger partial charge in [0.1, 0.15) is 0 Å². The molecule has 0 radical (unpaired) electrons. The van der Waals surface area contributed by atoms with E-state index in [1.807, 2.05) is 12.2 Å². The lowest BCUT2D eigenvalue weighted by atomic mass is 10.2. The monoisotopic (exact) mass is 338 g/mol. The van der Waals surface area contributed by atoms with E-state index in [-0.39, 0.29) is 23.1 Å². The number of hydrogen-bond acceptors (Lipinski definition) is 2. The van der Waals surface area contributed by atoms with E-state index in [0.717, 1.165) is 57.7 Å². The minimum absolute atomic E-state index is 0. The largest absolute Gasteiger partial charge is 0.355 e. The molecule has 4 nitrogen and oxygen atoms in total. The Morgan fingerprint density at radius 1 is 0.600 bits per heavy atom. The molecule has 3 aromatic rings. The van der Waals surface area contributed by atoms with Gasteiger partial charge in [0.15, 0.2) is 0 Å². The highest BCUT2D eigenvalue weighted by Gasteiger charge is 2.05. The van der Waals surface area contributed by atoms with E-state index in [1.165, 1.54) is 0 Å². The fourth-order valence-corrected chi connectivity index (χ4v) is 3.19. The van der Waals surface area contributed by atoms with Gasteiger partial charge in [0.25, 0.3) is 0 Å². The molecule has 5 heterocycles. The molecule has 2 N–H and O–H groups in total. The maximum Gasteiger partial charge on any atom is 0.316 e. The second-order valence-electron chi connectivity index (χ2n) is 6.20. The molecule has 0 saturated heterocycles. The second-order valence-corrected chi connectivity index (χ2v) is 6.20. The van der Waals surface area contributed by atoms with Gasteiger partial charge >= 0.3 is 23.1 Å². The van der Waals surface area contributed by atoms with Crippen molar-refractivity contribution in [2.75, 3.05) is 0 Å². The van der Waals surface area contributed by atoms with Gasteiger partial charge in [-0.15, -0.1) is 0 Å². The predicted molar refractivity (Wildman–Crippen MR) is 106 cm³/mol. The lowest BCUT2D eigenvalue weighted by Crippen LogP contribution is -1.77. The summed E-state index contributed by atoms with van der Waals surface area (Å²) in [6, 6.07) is 16.7. The minimum Gasteiger partial charge on any atom is -0.355 e. The molecule has 120 valence electrons. The Morgan fingerprint density at radius 3 is 1.52 bits per heavy atom. The average Bonchev–Trinajstić information content (AvgIpc) is 3.32. The molecule has 0 aliphatic carbocycles. The van der Waals surface area contributed by atoms with Crippen LogP contribution in [-0.2, 0) is 12.8 Å². The van der Waals surface area contributed by atoms with Crippen LogP contribution in [0.25, 0.3) is 34.2 Å². The Hall–Kier alpha value is -2.37. The first-order valence-electron chi connectivity index (χ1n) is 8.14. The number of aromatic nitrogens is 4. The highest BCUT2D eigenvalue weighted by Crippen LogP contribution is 2.16. The van der Waals surface area contributed by atoms with Gasteiger partial charge in [-0.05, 0) is 73.5 Å². The Morgan fingerprint density at radius 2 is 1.04 bits per heavy atom. The van der Waals surface area contributed by atoms with Crippen molar-refractivity contribution in [3.63, 3.8) is 0 Å². The van der Waals surface area contributed by atoms with E-state index in [9.17, 15) is 0 Å². The van der Waals surface area contributed by atoms with Crippen LogP contribution in [0.3, 0.4) is 0 Å². The molecular weight excluding hydrogens is 321 g/mol. The number of hydrogen-bond donors (Lipinski definition) is 2. The molecule has 25 heavy (non-hydrogen) atoms. The minimum atomic E-state index is 0. The van der Waals surface area contributed by atoms with Crippen molar-refractivity contribution in [3.8, 4) is 0 Å². The summed E-state index contributed by atoms with van der Waals surface area (Å²) in [5, 5.41) is 0. The second kappa shape index (κ2) is 6.50. The van der Waals surface area contributed by atoms with Crippen molar-refractivity contribution in [3.05, 3.63) is 71.3 Å². The zero-order valence-corrected chi connectivity index (χ0v) is 13.1. The molecule has 0 amide bonds. The maximum absolute atomic E-state index is 4.75. The molecule has 0 unspecified atom stereocenters. The lowest BCUT2D eigenvalue weighted by Gasteiger charge is -1.85. The van der Waals surface area contributed by atoms with Crippen LogP contribution < -0.4 is 0 Å². The van der Waals surface area contributed by atoms with E-state index < -0.39 is 0 Å². The first-order chi connectivity index (χ1) is 11.8. The summed E-state index contributed by atoms with van der Waals surface area (Å²) >= 11 is 0. The maximum atomic E-state index is 4.75. The van der Waals surface area contributed by atoms with Gasteiger partial charge in [0.2, 0.25) is 0 Å². The van der Waals surface area contributed by atoms with Crippen molar-refractivity contribution >= 4 is 57.3 Å². The van der Waals surface area contributed by atoms with Crippen LogP contribution in [0.2, 0.25) is 0 Å². The standard InChI is InChI=1S/C20H16N4.Mg.2H/c1-2-14-10-16-5-6-18(23-16)12-20-8-7-19(24-20)11-17-4-3-15(22-17)9-13(1)21-14;;;/h1-6,9-12,22-23H,7-8H2;;;. The van der Waals surface area contributed by atoms with Crippen LogP contribution in [0.4, 0.5) is 0 Å². The molecule has 8 bridgehead atoms. The fourth-order valence-electron chi connectivity index (χ4n) is 3.19. The number of fused-ring (bicyclic) bond motifs is 8. The Labute approximate surface area is 161 Å². The Bertz CT molecular complexity index is 1040. The van der Waals surface area contributed by atoms with Crippen molar-refractivity contribution in [2.24, 2.45) is 0 Å². The van der Waals surface area contributed by atoms with Gasteiger partial charge in [-0.25, -0.2) is 4.98 Å².